The van der Waals surface area contributed by atoms with Crippen LogP contribution >= 0.6 is 11.3 Å². The van der Waals surface area contributed by atoms with Crippen molar-refractivity contribution in [2.24, 2.45) is 4.99 Å². The molecule has 1 aliphatic heterocycles. The Morgan fingerprint density at radius 3 is 2.60 bits per heavy atom. The lowest BCUT2D eigenvalue weighted by atomic mass is 10.1. The molecule has 0 aliphatic carbocycles. The zero-order valence-corrected chi connectivity index (χ0v) is 22.9. The van der Waals surface area contributed by atoms with Crippen LogP contribution in [0.15, 0.2) is 17.1 Å². The van der Waals surface area contributed by atoms with E-state index >= 15 is 0 Å². The molecular weight excluding hydrogens is 488 g/mol. The third-order valence-corrected chi connectivity index (χ3v) is 7.77. The van der Waals surface area contributed by atoms with E-state index in [0.29, 0.717) is 18.8 Å². The number of guanidine groups is 1. The summed E-state index contributed by atoms with van der Waals surface area (Å²) in [6.07, 6.45) is 5.35. The van der Waals surface area contributed by atoms with Gasteiger partial charge in [-0.3, -0.25) is 19.9 Å². The van der Waals surface area contributed by atoms with Gasteiger partial charge in [0.2, 0.25) is 15.9 Å². The second kappa shape index (κ2) is 13.9. The molecule has 3 N–H and O–H groups in total. The summed E-state index contributed by atoms with van der Waals surface area (Å²) in [6, 6.07) is 2.96. The minimum absolute atomic E-state index is 0.0184. The molecular formula is C24H40N4O5S2. The summed E-state index contributed by atoms with van der Waals surface area (Å²) in [5.74, 6) is -0.0691. The lowest BCUT2D eigenvalue weighted by Gasteiger charge is -2.24. The van der Waals surface area contributed by atoms with Crippen molar-refractivity contribution in [2.75, 3.05) is 18.8 Å². The number of hydrogen-bond donors (Lipinski definition) is 3. The fourth-order valence-corrected chi connectivity index (χ4v) is 5.92. The highest BCUT2D eigenvalue weighted by atomic mass is 32.2. The fourth-order valence-electron chi connectivity index (χ4n) is 3.42. The van der Waals surface area contributed by atoms with Crippen LogP contribution in [-0.2, 0) is 37.2 Å². The van der Waals surface area contributed by atoms with Crippen LogP contribution in [0.1, 0.15) is 76.0 Å². The van der Waals surface area contributed by atoms with Crippen molar-refractivity contribution in [3.8, 4) is 0 Å². The molecule has 0 saturated heterocycles. The monoisotopic (exact) mass is 528 g/mol. The third-order valence-electron chi connectivity index (χ3n) is 5.13. The zero-order chi connectivity index (χ0) is 25.9. The standard InChI is InChI=1S/C24H40N4O5S2/c1-5-6-16-35(31,32)28-20(22(30)33-24(2,3)4)17-19-13-12-18(34-19)10-7-8-11-21(29)27-23-25-14-9-15-26-23/h12-13,20,28H,5-11,14-17H2,1-4H3,(H2,25,26,27,29)/t20-/m0/s1. The average molecular weight is 529 g/mol. The van der Waals surface area contributed by atoms with E-state index < -0.39 is 27.6 Å². The molecule has 0 unspecified atom stereocenters. The molecule has 0 saturated carbocycles. The number of thiophene rings is 1. The first-order valence-corrected chi connectivity index (χ1v) is 14.8. The Bertz CT molecular complexity index is 967. The fraction of sp³-hybridized carbons (Fsp3) is 0.708. The number of carbonyl (C=O) groups excluding carboxylic acids is 2. The number of hydrogen-bond acceptors (Lipinski definition) is 8. The Balaban J connectivity index is 1.87. The average Bonchev–Trinajstić information content (AvgIpc) is 3.21. The van der Waals surface area contributed by atoms with Crippen LogP contribution < -0.4 is 15.4 Å². The number of nitrogens with zero attached hydrogens (tertiary/aromatic N) is 1. The molecule has 0 aromatic carbocycles. The van der Waals surface area contributed by atoms with Gasteiger partial charge in [-0.05, 0) is 65.0 Å². The second-order valence-corrected chi connectivity index (χ2v) is 12.8. The van der Waals surface area contributed by atoms with E-state index in [0.717, 1.165) is 54.9 Å². The summed E-state index contributed by atoms with van der Waals surface area (Å²) in [5.41, 5.74) is -0.712. The minimum Gasteiger partial charge on any atom is -0.459 e. The van der Waals surface area contributed by atoms with Crippen LogP contribution in [0.2, 0.25) is 0 Å². The number of carbonyl (C=O) groups is 2. The van der Waals surface area contributed by atoms with Gasteiger partial charge in [0.15, 0.2) is 5.96 Å². The summed E-state index contributed by atoms with van der Waals surface area (Å²) in [7, 11) is -3.59. The molecule has 1 aromatic rings. The number of aryl methyl sites for hydroxylation is 1. The first-order chi connectivity index (χ1) is 16.5. The molecule has 1 amide bonds. The number of unbranched alkanes of at least 4 members (excludes halogenated alkanes) is 2. The van der Waals surface area contributed by atoms with Gasteiger partial charge >= 0.3 is 5.97 Å². The minimum atomic E-state index is -3.59. The normalized spacial score (nSPS) is 15.1. The molecule has 1 aromatic heterocycles. The Morgan fingerprint density at radius 2 is 1.94 bits per heavy atom. The van der Waals surface area contributed by atoms with Crippen molar-refractivity contribution in [1.29, 1.82) is 0 Å². The maximum absolute atomic E-state index is 12.7. The maximum atomic E-state index is 12.7. The molecule has 1 atom stereocenters. The number of amides is 1. The lowest BCUT2D eigenvalue weighted by Crippen LogP contribution is -2.46. The maximum Gasteiger partial charge on any atom is 0.325 e. The number of ether oxygens (including phenoxy) is 1. The van der Waals surface area contributed by atoms with Crippen LogP contribution in [0, 0.1) is 0 Å². The second-order valence-electron chi connectivity index (χ2n) is 9.71. The Hall–Kier alpha value is -1.98. The molecule has 35 heavy (non-hydrogen) atoms. The van der Waals surface area contributed by atoms with Crippen LogP contribution in [0.25, 0.3) is 0 Å². The summed E-state index contributed by atoms with van der Waals surface area (Å²) in [6.45, 7) is 8.76. The van der Waals surface area contributed by atoms with Gasteiger partial charge in [0.05, 0.1) is 5.75 Å². The highest BCUT2D eigenvalue weighted by Crippen LogP contribution is 2.22. The molecule has 11 heteroatoms. The van der Waals surface area contributed by atoms with Crippen LogP contribution in [0.4, 0.5) is 0 Å². The first-order valence-electron chi connectivity index (χ1n) is 12.4. The van der Waals surface area contributed by atoms with E-state index in [9.17, 15) is 18.0 Å². The molecule has 9 nitrogen and oxygen atoms in total. The number of aliphatic imine (C=N–C) groups is 1. The molecule has 0 bridgehead atoms. The Labute approximate surface area is 213 Å². The third kappa shape index (κ3) is 12.0. The van der Waals surface area contributed by atoms with Gasteiger partial charge in [0.1, 0.15) is 11.6 Å². The van der Waals surface area contributed by atoms with Crippen LogP contribution in [0.5, 0.6) is 0 Å². The summed E-state index contributed by atoms with van der Waals surface area (Å²) in [5, 5.41) is 5.88. The number of esters is 1. The van der Waals surface area contributed by atoms with Crippen LogP contribution in [-0.4, -0.2) is 56.7 Å². The molecule has 0 spiro atoms. The van der Waals surface area contributed by atoms with Crippen molar-refractivity contribution in [2.45, 2.75) is 90.7 Å². The Morgan fingerprint density at radius 1 is 1.20 bits per heavy atom. The Kier molecular flexibility index (Phi) is 11.6. The van der Waals surface area contributed by atoms with Gasteiger partial charge in [-0.25, -0.2) is 13.1 Å². The van der Waals surface area contributed by atoms with Gasteiger partial charge in [-0.2, -0.15) is 0 Å². The van der Waals surface area contributed by atoms with E-state index in [2.05, 4.69) is 20.3 Å². The first kappa shape index (κ1) is 29.3. The van der Waals surface area contributed by atoms with Gasteiger partial charge in [-0.15, -0.1) is 11.3 Å². The molecule has 2 heterocycles. The number of nitrogens with one attached hydrogen (secondary N) is 3. The summed E-state index contributed by atoms with van der Waals surface area (Å²) < 4.78 is 32.9. The molecule has 198 valence electrons. The molecule has 0 radical (unpaired) electrons. The molecule has 0 fully saturated rings. The van der Waals surface area contributed by atoms with Gasteiger partial charge in [0, 0.05) is 35.7 Å². The van der Waals surface area contributed by atoms with Crippen molar-refractivity contribution in [3.63, 3.8) is 0 Å². The van der Waals surface area contributed by atoms with Crippen molar-refractivity contribution >= 4 is 39.2 Å². The van der Waals surface area contributed by atoms with E-state index in [1.54, 1.807) is 32.1 Å². The SMILES string of the molecule is CCCCS(=O)(=O)N[C@@H](Cc1ccc(CCCCC(=O)NC2=NCCCN2)s1)C(=O)OC(C)(C)C. The quantitative estimate of drug-likeness (QED) is 0.267. The van der Waals surface area contributed by atoms with Crippen molar-refractivity contribution in [1.82, 2.24) is 15.4 Å². The zero-order valence-electron chi connectivity index (χ0n) is 21.3. The lowest BCUT2D eigenvalue weighted by molar-refractivity contribution is -0.156. The highest BCUT2D eigenvalue weighted by Gasteiger charge is 2.29. The predicted octanol–water partition coefficient (Wildman–Crippen LogP) is 2.90. The summed E-state index contributed by atoms with van der Waals surface area (Å²) in [4.78, 5) is 31.1. The van der Waals surface area contributed by atoms with Gasteiger partial charge in [-0.1, -0.05) is 13.3 Å². The van der Waals surface area contributed by atoms with E-state index in [4.69, 9.17) is 4.74 Å². The van der Waals surface area contributed by atoms with Crippen molar-refractivity contribution in [3.05, 3.63) is 21.9 Å². The largest absolute Gasteiger partial charge is 0.459 e. The van der Waals surface area contributed by atoms with Gasteiger partial charge in [0.25, 0.3) is 0 Å². The molecule has 2 rings (SSSR count). The van der Waals surface area contributed by atoms with Gasteiger partial charge < -0.3 is 10.1 Å². The number of rotatable bonds is 13. The molecule has 1 aliphatic rings. The van der Waals surface area contributed by atoms with Crippen molar-refractivity contribution < 1.29 is 22.7 Å². The smallest absolute Gasteiger partial charge is 0.325 e. The van der Waals surface area contributed by atoms with E-state index in [1.165, 1.54) is 0 Å². The van der Waals surface area contributed by atoms with E-state index in [1.807, 2.05) is 19.1 Å². The van der Waals surface area contributed by atoms with Crippen LogP contribution in [0.3, 0.4) is 0 Å². The summed E-state index contributed by atoms with van der Waals surface area (Å²) >= 11 is 1.56. The number of sulfonamides is 1. The predicted molar refractivity (Wildman–Crippen MR) is 140 cm³/mol. The van der Waals surface area contributed by atoms with E-state index in [-0.39, 0.29) is 18.1 Å². The highest BCUT2D eigenvalue weighted by molar-refractivity contribution is 7.89. The topological polar surface area (TPSA) is 126 Å².